The van der Waals surface area contributed by atoms with E-state index in [1.54, 1.807) is 12.1 Å². The molecule has 0 bridgehead atoms. The molecule has 8 heteroatoms. The number of rotatable bonds is 8. The van der Waals surface area contributed by atoms with Crippen LogP contribution in [0.4, 0.5) is 4.79 Å². The first kappa shape index (κ1) is 29.1. The molecule has 2 aromatic rings. The molecule has 1 saturated carbocycles. The molecule has 1 unspecified atom stereocenters. The lowest BCUT2D eigenvalue weighted by atomic mass is 9.67. The van der Waals surface area contributed by atoms with Gasteiger partial charge in [0.05, 0.1) is 18.0 Å². The third-order valence-corrected chi connectivity index (χ3v) is 9.18. The Kier molecular flexibility index (Phi) is 8.74. The van der Waals surface area contributed by atoms with E-state index >= 15 is 0 Å². The van der Waals surface area contributed by atoms with Gasteiger partial charge in [0.15, 0.2) is 0 Å². The molecule has 4 rings (SSSR count). The number of hydrogen-bond acceptors (Lipinski definition) is 3. The Balaban J connectivity index is 1.54. The molecule has 1 heterocycles. The van der Waals surface area contributed by atoms with Crippen molar-refractivity contribution in [3.05, 3.63) is 69.7 Å². The minimum Gasteiger partial charge on any atom is -0.481 e. The summed E-state index contributed by atoms with van der Waals surface area (Å²) in [5, 5.41) is 11.4. The molecule has 2 fully saturated rings. The van der Waals surface area contributed by atoms with E-state index in [0.717, 1.165) is 41.3 Å². The molecule has 0 radical (unpaired) electrons. The van der Waals surface area contributed by atoms with Crippen molar-refractivity contribution in [3.63, 3.8) is 0 Å². The highest BCUT2D eigenvalue weighted by Gasteiger charge is 2.52. The number of halogens is 1. The van der Waals surface area contributed by atoms with Crippen LogP contribution in [0.2, 0.25) is 0 Å². The highest BCUT2D eigenvalue weighted by Crippen LogP contribution is 2.48. The summed E-state index contributed by atoms with van der Waals surface area (Å²) in [4.78, 5) is 41.2. The Morgan fingerprint density at radius 2 is 1.69 bits per heavy atom. The summed E-state index contributed by atoms with van der Waals surface area (Å²) in [5.41, 5.74) is 2.60. The van der Waals surface area contributed by atoms with Crippen molar-refractivity contribution < 1.29 is 19.5 Å². The van der Waals surface area contributed by atoms with Gasteiger partial charge in [-0.05, 0) is 79.3 Å². The van der Waals surface area contributed by atoms with Gasteiger partial charge in [0.25, 0.3) is 5.91 Å². The van der Waals surface area contributed by atoms with Crippen LogP contribution in [-0.2, 0) is 11.3 Å². The Morgan fingerprint density at radius 1 is 1.08 bits per heavy atom. The molecule has 1 saturated heterocycles. The molecular formula is C31H40BrN3O4. The van der Waals surface area contributed by atoms with E-state index in [1.165, 1.54) is 0 Å². The van der Waals surface area contributed by atoms with Crippen molar-refractivity contribution in [3.8, 4) is 0 Å². The van der Waals surface area contributed by atoms with E-state index in [9.17, 15) is 14.4 Å². The van der Waals surface area contributed by atoms with Gasteiger partial charge in [0.1, 0.15) is 0 Å². The van der Waals surface area contributed by atoms with Crippen LogP contribution >= 0.6 is 15.9 Å². The Morgan fingerprint density at radius 3 is 2.26 bits per heavy atom. The molecule has 210 valence electrons. The monoisotopic (exact) mass is 597 g/mol. The zero-order valence-electron chi connectivity index (χ0n) is 23.4. The van der Waals surface area contributed by atoms with Crippen LogP contribution < -0.4 is 5.32 Å². The fourth-order valence-corrected chi connectivity index (χ4v) is 6.33. The van der Waals surface area contributed by atoms with Gasteiger partial charge in [-0.3, -0.25) is 9.59 Å². The van der Waals surface area contributed by atoms with Gasteiger partial charge in [-0.15, -0.1) is 0 Å². The quantitative estimate of drug-likeness (QED) is 0.357. The van der Waals surface area contributed by atoms with Gasteiger partial charge < -0.3 is 20.2 Å². The number of benzene rings is 2. The molecule has 1 aliphatic heterocycles. The fourth-order valence-electron chi connectivity index (χ4n) is 6.07. The topological polar surface area (TPSA) is 89.9 Å². The first-order valence-electron chi connectivity index (χ1n) is 13.8. The summed E-state index contributed by atoms with van der Waals surface area (Å²) in [6.07, 6.45) is 4.04. The summed E-state index contributed by atoms with van der Waals surface area (Å²) in [7, 11) is 0. The number of carbonyl (C=O) groups is 3. The van der Waals surface area contributed by atoms with Crippen LogP contribution in [0.3, 0.4) is 0 Å². The van der Waals surface area contributed by atoms with E-state index in [1.807, 2.05) is 29.2 Å². The number of carboxylic acids is 1. The second-order valence-electron chi connectivity index (χ2n) is 12.2. The lowest BCUT2D eigenvalue weighted by Gasteiger charge is -2.45. The van der Waals surface area contributed by atoms with E-state index in [-0.39, 0.29) is 41.9 Å². The summed E-state index contributed by atoms with van der Waals surface area (Å²) in [5.74, 6) is -0.613. The minimum atomic E-state index is -0.949. The number of hydrogen-bond donors (Lipinski definition) is 2. The number of carboxylic acid groups (broad SMARTS) is 1. The normalized spacial score (nSPS) is 22.3. The summed E-state index contributed by atoms with van der Waals surface area (Å²) >= 11 is 3.51. The van der Waals surface area contributed by atoms with Crippen molar-refractivity contribution >= 4 is 33.8 Å². The molecule has 2 aliphatic rings. The van der Waals surface area contributed by atoms with Crippen LogP contribution in [0.1, 0.15) is 87.3 Å². The smallest absolute Gasteiger partial charge is 0.321 e. The Labute approximate surface area is 240 Å². The van der Waals surface area contributed by atoms with Crippen LogP contribution in [0.15, 0.2) is 53.0 Å². The molecule has 1 spiro atoms. The molecule has 7 nitrogen and oxygen atoms in total. The summed E-state index contributed by atoms with van der Waals surface area (Å²) < 4.78 is 1.02. The second kappa shape index (κ2) is 11.7. The number of aliphatic carboxylic acids is 1. The van der Waals surface area contributed by atoms with Gasteiger partial charge in [-0.25, -0.2) is 4.79 Å². The van der Waals surface area contributed by atoms with Gasteiger partial charge in [0.2, 0.25) is 0 Å². The number of urea groups is 1. The van der Waals surface area contributed by atoms with Crippen molar-refractivity contribution in [1.29, 1.82) is 0 Å². The number of nitrogens with zero attached hydrogens (tertiary/aromatic N) is 2. The maximum absolute atomic E-state index is 14.0. The van der Waals surface area contributed by atoms with Crippen molar-refractivity contribution in [2.24, 2.45) is 11.3 Å². The van der Waals surface area contributed by atoms with Crippen LogP contribution in [0, 0.1) is 11.3 Å². The predicted octanol–water partition coefficient (Wildman–Crippen LogP) is 6.63. The molecule has 2 N–H and O–H groups in total. The molecule has 3 amide bonds. The zero-order chi connectivity index (χ0) is 28.4. The lowest BCUT2D eigenvalue weighted by Crippen LogP contribution is -2.50. The van der Waals surface area contributed by atoms with Gasteiger partial charge in [-0.1, -0.05) is 61.0 Å². The van der Waals surface area contributed by atoms with E-state index < -0.39 is 5.97 Å². The second-order valence-corrected chi connectivity index (χ2v) is 13.1. The first-order chi connectivity index (χ1) is 18.4. The highest BCUT2D eigenvalue weighted by molar-refractivity contribution is 9.10. The van der Waals surface area contributed by atoms with Gasteiger partial charge >= 0.3 is 12.0 Å². The number of carbonyl (C=O) groups excluding carboxylic acids is 2. The third kappa shape index (κ3) is 6.65. The standard InChI is InChI=1S/C31H40BrN3O4/c1-21(23-9-11-26(32)12-10-23)34-20-31(16-13-25(14-17-31)30(2,3)4)35(29(34)39)19-22-5-7-24(8-6-22)28(38)33-18-15-27(36)37/h5-12,21,25H,13-20H2,1-4H3,(H,33,38)(H,36,37). The molecule has 1 atom stereocenters. The van der Waals surface area contributed by atoms with Crippen molar-refractivity contribution in [2.75, 3.05) is 13.1 Å². The van der Waals surface area contributed by atoms with Crippen molar-refractivity contribution in [1.82, 2.24) is 15.1 Å². The largest absolute Gasteiger partial charge is 0.481 e. The minimum absolute atomic E-state index is 0.0373. The molecule has 39 heavy (non-hydrogen) atoms. The zero-order valence-corrected chi connectivity index (χ0v) is 25.0. The number of amides is 3. The average Bonchev–Trinajstić information content (AvgIpc) is 3.14. The Bertz CT molecular complexity index is 1180. The van der Waals surface area contributed by atoms with E-state index in [4.69, 9.17) is 5.11 Å². The maximum Gasteiger partial charge on any atom is 0.321 e. The molecule has 2 aromatic carbocycles. The molecule has 0 aromatic heterocycles. The van der Waals surface area contributed by atoms with Crippen LogP contribution in [0.5, 0.6) is 0 Å². The van der Waals surface area contributed by atoms with Crippen molar-refractivity contribution in [2.45, 2.75) is 77.9 Å². The van der Waals surface area contributed by atoms with Gasteiger partial charge in [-0.2, -0.15) is 0 Å². The fraction of sp³-hybridized carbons (Fsp3) is 0.516. The van der Waals surface area contributed by atoms with E-state index in [0.29, 0.717) is 24.6 Å². The Hall–Kier alpha value is -2.87. The van der Waals surface area contributed by atoms with Gasteiger partial charge in [0, 0.05) is 29.7 Å². The predicted molar refractivity (Wildman–Crippen MR) is 155 cm³/mol. The maximum atomic E-state index is 14.0. The first-order valence-corrected chi connectivity index (χ1v) is 14.6. The lowest BCUT2D eigenvalue weighted by molar-refractivity contribution is -0.136. The van der Waals surface area contributed by atoms with Crippen LogP contribution in [0.25, 0.3) is 0 Å². The van der Waals surface area contributed by atoms with E-state index in [2.05, 4.69) is 66.0 Å². The summed E-state index contributed by atoms with van der Waals surface area (Å²) in [6, 6.07) is 15.5. The summed E-state index contributed by atoms with van der Waals surface area (Å²) in [6.45, 7) is 10.3. The SMILES string of the molecule is CC(c1ccc(Br)cc1)N1CC2(CCC(C(C)(C)C)CC2)N(Cc2ccc(C(=O)NCCC(=O)O)cc2)C1=O. The third-order valence-electron chi connectivity index (χ3n) is 8.66. The molecule has 1 aliphatic carbocycles. The molecular weight excluding hydrogens is 558 g/mol. The highest BCUT2D eigenvalue weighted by atomic mass is 79.9. The number of nitrogens with one attached hydrogen (secondary N) is 1. The van der Waals surface area contributed by atoms with Crippen LogP contribution in [-0.4, -0.2) is 51.4 Å². The average molecular weight is 599 g/mol.